The van der Waals surface area contributed by atoms with Gasteiger partial charge in [-0.05, 0) is 79.1 Å². The average Bonchev–Trinajstić information content (AvgIpc) is 3.05. The van der Waals surface area contributed by atoms with Crippen LogP contribution in [-0.2, 0) is 0 Å². The molecule has 0 bridgehead atoms. The van der Waals surface area contributed by atoms with Crippen molar-refractivity contribution in [2.45, 2.75) is 38.5 Å². The highest BCUT2D eigenvalue weighted by Gasteiger charge is 2.20. The number of benzene rings is 3. The van der Waals surface area contributed by atoms with E-state index in [2.05, 4.69) is 30.3 Å². The Labute approximate surface area is 245 Å². The number of nitrogens with zero attached hydrogens (tertiary/aromatic N) is 6. The number of ether oxygens (including phenoxy) is 2. The fourth-order valence-electron chi connectivity index (χ4n) is 5.45. The lowest BCUT2D eigenvalue weighted by Gasteiger charge is -2.30. The molecule has 0 unspecified atom stereocenters. The minimum Gasteiger partial charge on any atom is -0.493 e. The van der Waals surface area contributed by atoms with E-state index in [1.165, 1.54) is 12.8 Å². The Kier molecular flexibility index (Phi) is 8.39. The fourth-order valence-corrected chi connectivity index (χ4v) is 5.45. The Morgan fingerprint density at radius 1 is 0.810 bits per heavy atom. The molecular weight excluding hydrogens is 530 g/mol. The van der Waals surface area contributed by atoms with E-state index in [1.54, 1.807) is 31.5 Å². The second-order valence-corrected chi connectivity index (χ2v) is 10.6. The molecule has 4 aromatic rings. The summed E-state index contributed by atoms with van der Waals surface area (Å²) in [5, 5.41) is 6.22. The largest absolute Gasteiger partial charge is 0.493 e. The van der Waals surface area contributed by atoms with E-state index < -0.39 is 5.97 Å². The third-order valence-corrected chi connectivity index (χ3v) is 7.67. The average molecular weight is 566 g/mol. The van der Waals surface area contributed by atoms with Crippen molar-refractivity contribution < 1.29 is 14.3 Å². The molecule has 2 aliphatic heterocycles. The molecule has 3 aromatic carbocycles. The molecule has 2 aliphatic rings. The Morgan fingerprint density at radius 2 is 1.48 bits per heavy atom. The molecule has 0 amide bonds. The standard InChI is InChI=1S/C32H35N7O3/c1-41-28-21-23(15-16-27(28)42-29(40)26-14-10-12-24-11-4-5-13-25(24)26)22-33-37-30-34-31(38-17-6-2-7-18-38)36-32(35-30)39-19-8-3-9-20-39/h4-5,10-16,21-22H,2-3,6-9,17-20H2,1H3,(H,34,35,36,37). The summed E-state index contributed by atoms with van der Waals surface area (Å²) in [7, 11) is 1.54. The first-order valence-electron chi connectivity index (χ1n) is 14.6. The molecule has 0 aliphatic carbocycles. The zero-order valence-electron chi connectivity index (χ0n) is 23.8. The number of rotatable bonds is 8. The highest BCUT2D eigenvalue weighted by molar-refractivity contribution is 6.05. The summed E-state index contributed by atoms with van der Waals surface area (Å²) in [6.07, 6.45) is 8.69. The van der Waals surface area contributed by atoms with Gasteiger partial charge in [0.05, 0.1) is 18.9 Å². The van der Waals surface area contributed by atoms with Gasteiger partial charge < -0.3 is 19.3 Å². The monoisotopic (exact) mass is 565 g/mol. The predicted molar refractivity (Wildman–Crippen MR) is 165 cm³/mol. The first-order chi connectivity index (χ1) is 20.7. The van der Waals surface area contributed by atoms with Gasteiger partial charge in [-0.1, -0.05) is 36.4 Å². The van der Waals surface area contributed by atoms with Gasteiger partial charge in [0.1, 0.15) is 0 Å². The number of piperidine rings is 2. The van der Waals surface area contributed by atoms with Crippen LogP contribution in [0.2, 0.25) is 0 Å². The SMILES string of the molecule is COc1cc(C=NNc2nc(N3CCCCC3)nc(N3CCCCC3)n2)ccc1OC(=O)c1cccc2ccccc12. The third kappa shape index (κ3) is 6.27. The second kappa shape index (κ2) is 12.8. The summed E-state index contributed by atoms with van der Waals surface area (Å²) in [6.45, 7) is 3.79. The van der Waals surface area contributed by atoms with E-state index in [4.69, 9.17) is 14.5 Å². The summed E-state index contributed by atoms with van der Waals surface area (Å²) in [6, 6.07) is 18.6. The maximum absolute atomic E-state index is 13.1. The van der Waals surface area contributed by atoms with Crippen molar-refractivity contribution in [3.63, 3.8) is 0 Å². The molecule has 3 heterocycles. The normalized spacial score (nSPS) is 15.6. The maximum Gasteiger partial charge on any atom is 0.344 e. The smallest absolute Gasteiger partial charge is 0.344 e. The van der Waals surface area contributed by atoms with Crippen LogP contribution in [0.3, 0.4) is 0 Å². The van der Waals surface area contributed by atoms with Gasteiger partial charge in [-0.2, -0.15) is 20.1 Å². The van der Waals surface area contributed by atoms with E-state index in [1.807, 2.05) is 42.5 Å². The number of hydrogen-bond acceptors (Lipinski definition) is 10. The first-order valence-corrected chi connectivity index (χ1v) is 14.6. The van der Waals surface area contributed by atoms with Crippen LogP contribution in [0.4, 0.5) is 17.8 Å². The van der Waals surface area contributed by atoms with Crippen LogP contribution >= 0.6 is 0 Å². The molecule has 0 spiro atoms. The Balaban J connectivity index is 1.18. The van der Waals surface area contributed by atoms with Crippen LogP contribution in [0.5, 0.6) is 11.5 Å². The van der Waals surface area contributed by atoms with Crippen LogP contribution in [0, 0.1) is 0 Å². The number of aromatic nitrogens is 3. The van der Waals surface area contributed by atoms with Crippen LogP contribution in [0.25, 0.3) is 10.8 Å². The van der Waals surface area contributed by atoms with Gasteiger partial charge in [-0.15, -0.1) is 0 Å². The minimum atomic E-state index is -0.447. The minimum absolute atomic E-state index is 0.329. The first kappa shape index (κ1) is 27.4. The van der Waals surface area contributed by atoms with Crippen molar-refractivity contribution in [3.8, 4) is 11.5 Å². The second-order valence-electron chi connectivity index (χ2n) is 10.6. The summed E-state index contributed by atoms with van der Waals surface area (Å²) in [5.41, 5.74) is 4.25. The topological polar surface area (TPSA) is 105 Å². The number of anilines is 3. The van der Waals surface area contributed by atoms with Crippen LogP contribution in [0.15, 0.2) is 65.8 Å². The van der Waals surface area contributed by atoms with Crippen molar-refractivity contribution in [2.24, 2.45) is 5.10 Å². The number of methoxy groups -OCH3 is 1. The number of hydrazone groups is 1. The number of nitrogens with one attached hydrogen (secondary N) is 1. The number of esters is 1. The highest BCUT2D eigenvalue weighted by Crippen LogP contribution is 2.30. The summed E-state index contributed by atoms with van der Waals surface area (Å²) < 4.78 is 11.3. The summed E-state index contributed by atoms with van der Waals surface area (Å²) in [4.78, 5) is 31.7. The molecule has 216 valence electrons. The number of fused-ring (bicyclic) bond motifs is 1. The Bertz CT molecular complexity index is 1540. The lowest BCUT2D eigenvalue weighted by molar-refractivity contribution is 0.0732. The predicted octanol–water partition coefficient (Wildman–Crippen LogP) is 5.68. The third-order valence-electron chi connectivity index (χ3n) is 7.67. The van der Waals surface area contributed by atoms with Gasteiger partial charge in [0, 0.05) is 26.2 Å². The number of carbonyl (C=O) groups excluding carboxylic acids is 1. The molecule has 0 atom stereocenters. The summed E-state index contributed by atoms with van der Waals surface area (Å²) in [5.74, 6) is 2.11. The fraction of sp³-hybridized carbons (Fsp3) is 0.344. The lowest BCUT2D eigenvalue weighted by Crippen LogP contribution is -2.34. The van der Waals surface area contributed by atoms with Crippen LogP contribution in [0.1, 0.15) is 54.4 Å². The van der Waals surface area contributed by atoms with Gasteiger partial charge in [-0.25, -0.2) is 10.2 Å². The van der Waals surface area contributed by atoms with Gasteiger partial charge in [-0.3, -0.25) is 0 Å². The van der Waals surface area contributed by atoms with Crippen molar-refractivity contribution in [3.05, 3.63) is 71.8 Å². The Morgan fingerprint density at radius 3 is 2.17 bits per heavy atom. The van der Waals surface area contributed by atoms with Crippen molar-refractivity contribution >= 4 is 40.8 Å². The molecule has 10 nitrogen and oxygen atoms in total. The zero-order valence-corrected chi connectivity index (χ0v) is 23.8. The lowest BCUT2D eigenvalue weighted by atomic mass is 10.0. The van der Waals surface area contributed by atoms with Crippen molar-refractivity contribution in [1.29, 1.82) is 0 Å². The van der Waals surface area contributed by atoms with Crippen LogP contribution in [-0.4, -0.2) is 60.4 Å². The molecular formula is C32H35N7O3. The number of hydrogen-bond donors (Lipinski definition) is 1. The van der Waals surface area contributed by atoms with Crippen molar-refractivity contribution in [1.82, 2.24) is 15.0 Å². The molecule has 6 rings (SSSR count). The molecule has 0 radical (unpaired) electrons. The molecule has 0 saturated carbocycles. The quantitative estimate of drug-likeness (QED) is 0.125. The molecule has 42 heavy (non-hydrogen) atoms. The van der Waals surface area contributed by atoms with Crippen LogP contribution < -0.4 is 24.7 Å². The van der Waals surface area contributed by atoms with E-state index in [0.717, 1.165) is 68.2 Å². The number of carbonyl (C=O) groups is 1. The van der Waals surface area contributed by atoms with Gasteiger partial charge >= 0.3 is 5.97 Å². The molecule has 1 aromatic heterocycles. The van der Waals surface area contributed by atoms with E-state index in [-0.39, 0.29) is 0 Å². The molecule has 2 fully saturated rings. The van der Waals surface area contributed by atoms with E-state index >= 15 is 0 Å². The molecule has 2 saturated heterocycles. The van der Waals surface area contributed by atoms with Gasteiger partial charge in [0.15, 0.2) is 11.5 Å². The van der Waals surface area contributed by atoms with Crippen molar-refractivity contribution in [2.75, 3.05) is 48.5 Å². The molecule has 1 N–H and O–H groups in total. The highest BCUT2D eigenvalue weighted by atomic mass is 16.6. The van der Waals surface area contributed by atoms with E-state index in [0.29, 0.717) is 34.9 Å². The zero-order chi connectivity index (χ0) is 28.7. The maximum atomic E-state index is 13.1. The van der Waals surface area contributed by atoms with E-state index in [9.17, 15) is 4.79 Å². The van der Waals surface area contributed by atoms with Gasteiger partial charge in [0.25, 0.3) is 0 Å². The Hall–Kier alpha value is -4.73. The van der Waals surface area contributed by atoms with Gasteiger partial charge in [0.2, 0.25) is 17.8 Å². The molecule has 10 heteroatoms. The summed E-state index contributed by atoms with van der Waals surface area (Å²) >= 11 is 0.